The first-order valence-electron chi connectivity index (χ1n) is 8.40. The lowest BCUT2D eigenvalue weighted by Gasteiger charge is -2.39. The molecule has 1 aromatic carbocycles. The van der Waals surface area contributed by atoms with Gasteiger partial charge in [-0.2, -0.15) is 0 Å². The standard InChI is InChI=1S/C19H30N2O/c1-14-5-7-16(8-6-14)19(3,4)12-18(22)21-10-9-15(2)11-17(21)13-20/h5-8,15,17H,9-13,20H2,1-4H3. The minimum atomic E-state index is -0.146. The molecule has 22 heavy (non-hydrogen) atoms. The van der Waals surface area contributed by atoms with E-state index in [0.717, 1.165) is 19.4 Å². The summed E-state index contributed by atoms with van der Waals surface area (Å²) in [5.74, 6) is 0.913. The number of nitrogens with two attached hydrogens (primary N) is 1. The van der Waals surface area contributed by atoms with Gasteiger partial charge < -0.3 is 10.6 Å². The number of hydrogen-bond donors (Lipinski definition) is 1. The van der Waals surface area contributed by atoms with Crippen LogP contribution >= 0.6 is 0 Å². The van der Waals surface area contributed by atoms with Crippen molar-refractivity contribution < 1.29 is 4.79 Å². The van der Waals surface area contributed by atoms with Crippen molar-refractivity contribution in [1.82, 2.24) is 4.90 Å². The summed E-state index contributed by atoms with van der Waals surface area (Å²) in [5, 5.41) is 0. The molecule has 0 saturated carbocycles. The Labute approximate surface area is 134 Å². The van der Waals surface area contributed by atoms with Gasteiger partial charge >= 0.3 is 0 Å². The fraction of sp³-hybridized carbons (Fsp3) is 0.632. The molecule has 0 spiro atoms. The third-order valence-corrected chi connectivity index (χ3v) is 5.00. The number of hydrogen-bond acceptors (Lipinski definition) is 2. The lowest BCUT2D eigenvalue weighted by atomic mass is 9.80. The van der Waals surface area contributed by atoms with Crippen molar-refractivity contribution in [2.24, 2.45) is 11.7 Å². The molecule has 2 unspecified atom stereocenters. The molecule has 1 amide bonds. The van der Waals surface area contributed by atoms with E-state index >= 15 is 0 Å². The van der Waals surface area contributed by atoms with Crippen LogP contribution in [0.5, 0.6) is 0 Å². The Kier molecular flexibility index (Phi) is 5.28. The molecular formula is C19H30N2O. The maximum atomic E-state index is 12.8. The SMILES string of the molecule is Cc1ccc(C(C)(C)CC(=O)N2CCC(C)CC2CN)cc1. The van der Waals surface area contributed by atoms with Crippen LogP contribution in [0.1, 0.15) is 51.2 Å². The molecule has 1 aliphatic rings. The van der Waals surface area contributed by atoms with Crippen molar-refractivity contribution in [3.05, 3.63) is 35.4 Å². The Morgan fingerprint density at radius 1 is 1.32 bits per heavy atom. The molecule has 0 radical (unpaired) electrons. The predicted octanol–water partition coefficient (Wildman–Crippen LogP) is 3.25. The summed E-state index contributed by atoms with van der Waals surface area (Å²) < 4.78 is 0. The number of amides is 1. The van der Waals surface area contributed by atoms with E-state index in [9.17, 15) is 4.79 Å². The first-order valence-corrected chi connectivity index (χ1v) is 8.40. The Hall–Kier alpha value is -1.35. The summed E-state index contributed by atoms with van der Waals surface area (Å²) in [5.41, 5.74) is 8.22. The highest BCUT2D eigenvalue weighted by molar-refractivity contribution is 5.78. The molecule has 122 valence electrons. The van der Waals surface area contributed by atoms with Crippen molar-refractivity contribution in [3.8, 4) is 0 Å². The maximum Gasteiger partial charge on any atom is 0.223 e. The number of likely N-dealkylation sites (tertiary alicyclic amines) is 1. The van der Waals surface area contributed by atoms with E-state index in [1.807, 2.05) is 4.90 Å². The van der Waals surface area contributed by atoms with Gasteiger partial charge in [0, 0.05) is 25.6 Å². The highest BCUT2D eigenvalue weighted by Gasteiger charge is 2.32. The van der Waals surface area contributed by atoms with Gasteiger partial charge in [0.2, 0.25) is 5.91 Å². The van der Waals surface area contributed by atoms with Crippen LogP contribution in [0.4, 0.5) is 0 Å². The third kappa shape index (κ3) is 3.89. The second kappa shape index (κ2) is 6.82. The number of piperidine rings is 1. The van der Waals surface area contributed by atoms with Crippen LogP contribution in [0.2, 0.25) is 0 Å². The predicted molar refractivity (Wildman–Crippen MR) is 91.8 cm³/mol. The van der Waals surface area contributed by atoms with Crippen molar-refractivity contribution >= 4 is 5.91 Å². The molecule has 1 heterocycles. The molecule has 1 fully saturated rings. The van der Waals surface area contributed by atoms with Crippen LogP contribution in [0, 0.1) is 12.8 Å². The van der Waals surface area contributed by atoms with Gasteiger partial charge in [0.25, 0.3) is 0 Å². The van der Waals surface area contributed by atoms with Crippen molar-refractivity contribution in [2.75, 3.05) is 13.1 Å². The minimum Gasteiger partial charge on any atom is -0.338 e. The average molecular weight is 302 g/mol. The Morgan fingerprint density at radius 3 is 2.55 bits per heavy atom. The molecule has 1 saturated heterocycles. The van der Waals surface area contributed by atoms with Gasteiger partial charge in [0.1, 0.15) is 0 Å². The zero-order valence-electron chi connectivity index (χ0n) is 14.4. The van der Waals surface area contributed by atoms with Crippen molar-refractivity contribution in [2.45, 2.75) is 58.4 Å². The van der Waals surface area contributed by atoms with Crippen LogP contribution in [-0.2, 0) is 10.2 Å². The molecular weight excluding hydrogens is 272 g/mol. The Bertz CT molecular complexity index is 507. The normalized spacial score (nSPS) is 22.7. The highest BCUT2D eigenvalue weighted by atomic mass is 16.2. The molecule has 1 aromatic rings. The van der Waals surface area contributed by atoms with E-state index in [-0.39, 0.29) is 17.4 Å². The molecule has 2 rings (SSSR count). The van der Waals surface area contributed by atoms with Crippen LogP contribution in [-0.4, -0.2) is 29.9 Å². The molecule has 3 nitrogen and oxygen atoms in total. The van der Waals surface area contributed by atoms with Crippen LogP contribution in [0.15, 0.2) is 24.3 Å². The van der Waals surface area contributed by atoms with Gasteiger partial charge in [-0.1, -0.05) is 50.6 Å². The number of carbonyl (C=O) groups excluding carboxylic acids is 1. The quantitative estimate of drug-likeness (QED) is 0.928. The summed E-state index contributed by atoms with van der Waals surface area (Å²) in [6.45, 7) is 10.1. The fourth-order valence-corrected chi connectivity index (χ4v) is 3.39. The summed E-state index contributed by atoms with van der Waals surface area (Å²) >= 11 is 0. The maximum absolute atomic E-state index is 12.8. The molecule has 0 aliphatic carbocycles. The topological polar surface area (TPSA) is 46.3 Å². The van der Waals surface area contributed by atoms with E-state index in [1.54, 1.807) is 0 Å². The highest BCUT2D eigenvalue weighted by Crippen LogP contribution is 2.30. The lowest BCUT2D eigenvalue weighted by molar-refractivity contribution is -0.136. The second-order valence-electron chi connectivity index (χ2n) is 7.53. The van der Waals surface area contributed by atoms with Crippen LogP contribution < -0.4 is 5.73 Å². The number of rotatable bonds is 4. The van der Waals surface area contributed by atoms with Crippen LogP contribution in [0.25, 0.3) is 0 Å². The molecule has 2 atom stereocenters. The van der Waals surface area contributed by atoms with Crippen molar-refractivity contribution in [3.63, 3.8) is 0 Å². The second-order valence-corrected chi connectivity index (χ2v) is 7.53. The summed E-state index contributed by atoms with van der Waals surface area (Å²) in [6.07, 6.45) is 2.67. The number of nitrogens with zero attached hydrogens (tertiary/aromatic N) is 1. The van der Waals surface area contributed by atoms with Crippen molar-refractivity contribution in [1.29, 1.82) is 0 Å². The zero-order valence-corrected chi connectivity index (χ0v) is 14.4. The van der Waals surface area contributed by atoms with Gasteiger partial charge in [0.05, 0.1) is 0 Å². The Balaban J connectivity index is 2.08. The average Bonchev–Trinajstić information content (AvgIpc) is 2.46. The molecule has 2 N–H and O–H groups in total. The van der Waals surface area contributed by atoms with E-state index in [4.69, 9.17) is 5.73 Å². The third-order valence-electron chi connectivity index (χ3n) is 5.00. The van der Waals surface area contributed by atoms with Gasteiger partial charge in [-0.25, -0.2) is 0 Å². The monoisotopic (exact) mass is 302 g/mol. The summed E-state index contributed by atoms with van der Waals surface area (Å²) in [6, 6.07) is 8.73. The first kappa shape index (κ1) is 17.0. The molecule has 0 aromatic heterocycles. The van der Waals surface area contributed by atoms with E-state index in [0.29, 0.717) is 18.9 Å². The minimum absolute atomic E-state index is 0.146. The summed E-state index contributed by atoms with van der Waals surface area (Å²) in [4.78, 5) is 14.8. The number of carbonyl (C=O) groups is 1. The lowest BCUT2D eigenvalue weighted by Crippen LogP contribution is -2.50. The molecule has 1 aliphatic heterocycles. The smallest absolute Gasteiger partial charge is 0.223 e. The number of benzene rings is 1. The van der Waals surface area contributed by atoms with Gasteiger partial charge in [-0.3, -0.25) is 4.79 Å². The molecule has 3 heteroatoms. The summed E-state index contributed by atoms with van der Waals surface area (Å²) in [7, 11) is 0. The van der Waals surface area contributed by atoms with E-state index < -0.39 is 0 Å². The molecule has 0 bridgehead atoms. The zero-order chi connectivity index (χ0) is 16.3. The van der Waals surface area contributed by atoms with Gasteiger partial charge in [-0.15, -0.1) is 0 Å². The fourth-order valence-electron chi connectivity index (χ4n) is 3.39. The van der Waals surface area contributed by atoms with E-state index in [2.05, 4.69) is 52.0 Å². The number of aryl methyl sites for hydroxylation is 1. The largest absolute Gasteiger partial charge is 0.338 e. The van der Waals surface area contributed by atoms with Gasteiger partial charge in [-0.05, 0) is 36.7 Å². The van der Waals surface area contributed by atoms with Crippen LogP contribution in [0.3, 0.4) is 0 Å². The Morgan fingerprint density at radius 2 is 1.95 bits per heavy atom. The van der Waals surface area contributed by atoms with E-state index in [1.165, 1.54) is 11.1 Å². The van der Waals surface area contributed by atoms with Gasteiger partial charge in [0.15, 0.2) is 0 Å². The first-order chi connectivity index (χ1) is 10.3.